The number of carbonyl (C=O) groups is 1. The summed E-state index contributed by atoms with van der Waals surface area (Å²) < 4.78 is 0. The molecule has 2 aromatic heterocycles. The largest absolute Gasteiger partial charge is 0.477 e. The van der Waals surface area contributed by atoms with Crippen molar-refractivity contribution >= 4 is 16.9 Å². The Balaban J connectivity index is 2.13. The minimum atomic E-state index is -0.950. The molecule has 0 bridgehead atoms. The van der Waals surface area contributed by atoms with E-state index in [1.807, 2.05) is 31.2 Å². The van der Waals surface area contributed by atoms with E-state index in [1.165, 1.54) is 5.56 Å². The van der Waals surface area contributed by atoms with Crippen molar-refractivity contribution in [2.75, 3.05) is 0 Å². The Labute approximate surface area is 103 Å². The van der Waals surface area contributed by atoms with Crippen LogP contribution in [0.5, 0.6) is 0 Å². The van der Waals surface area contributed by atoms with E-state index in [0.717, 1.165) is 22.3 Å². The molecule has 0 atom stereocenters. The highest BCUT2D eigenvalue weighted by Crippen LogP contribution is 2.25. The van der Waals surface area contributed by atoms with Crippen LogP contribution in [0, 0.1) is 6.92 Å². The van der Waals surface area contributed by atoms with Gasteiger partial charge in [0.2, 0.25) is 0 Å². The number of hydrogen-bond acceptors (Lipinski definition) is 1. The highest BCUT2D eigenvalue weighted by molar-refractivity contribution is 5.89. The molecule has 0 amide bonds. The van der Waals surface area contributed by atoms with E-state index in [2.05, 4.69) is 9.97 Å². The molecule has 0 saturated heterocycles. The Morgan fingerprint density at radius 2 is 1.94 bits per heavy atom. The summed E-state index contributed by atoms with van der Waals surface area (Å²) in [6.45, 7) is 2.04. The maximum Gasteiger partial charge on any atom is 0.352 e. The van der Waals surface area contributed by atoms with Gasteiger partial charge in [0.25, 0.3) is 0 Å². The second kappa shape index (κ2) is 3.77. The molecule has 0 aliphatic rings. The number of fused-ring (bicyclic) bond motifs is 1. The molecule has 0 spiro atoms. The molecule has 0 aliphatic carbocycles. The fourth-order valence-electron chi connectivity index (χ4n) is 2.13. The summed E-state index contributed by atoms with van der Waals surface area (Å²) in [5, 5.41) is 10.0. The lowest BCUT2D eigenvalue weighted by molar-refractivity contribution is 0.0691. The minimum Gasteiger partial charge on any atom is -0.477 e. The summed E-state index contributed by atoms with van der Waals surface area (Å²) in [5.74, 6) is -0.950. The molecule has 4 heteroatoms. The van der Waals surface area contributed by atoms with Gasteiger partial charge in [0.15, 0.2) is 0 Å². The zero-order chi connectivity index (χ0) is 12.7. The van der Waals surface area contributed by atoms with Crippen molar-refractivity contribution in [2.24, 2.45) is 0 Å². The predicted octanol–water partition coefficient (Wildman–Crippen LogP) is 3.17. The van der Waals surface area contributed by atoms with Gasteiger partial charge >= 0.3 is 5.97 Å². The van der Waals surface area contributed by atoms with Crippen molar-refractivity contribution in [3.63, 3.8) is 0 Å². The summed E-state index contributed by atoms with van der Waals surface area (Å²) in [4.78, 5) is 17.0. The fourth-order valence-corrected chi connectivity index (χ4v) is 2.13. The molecular formula is C14H12N2O2. The predicted molar refractivity (Wildman–Crippen MR) is 69.8 cm³/mol. The smallest absolute Gasteiger partial charge is 0.352 e. The first kappa shape index (κ1) is 10.7. The van der Waals surface area contributed by atoms with Crippen LogP contribution in [0.15, 0.2) is 36.4 Å². The standard InChI is InChI=1S/C14H12N2O2/c1-8-3-2-4-9-7-12(16-13(8)9)10-5-6-11(15-10)14(17)18/h2-7,15-16H,1H3,(H,17,18). The van der Waals surface area contributed by atoms with Crippen molar-refractivity contribution in [2.45, 2.75) is 6.92 Å². The van der Waals surface area contributed by atoms with E-state index >= 15 is 0 Å². The highest BCUT2D eigenvalue weighted by atomic mass is 16.4. The number of nitrogens with one attached hydrogen (secondary N) is 2. The van der Waals surface area contributed by atoms with Crippen molar-refractivity contribution in [3.8, 4) is 11.4 Å². The van der Waals surface area contributed by atoms with Gasteiger partial charge in [0.1, 0.15) is 5.69 Å². The number of carboxylic acids is 1. The van der Waals surface area contributed by atoms with E-state index in [4.69, 9.17) is 5.11 Å². The first-order valence-electron chi connectivity index (χ1n) is 5.66. The van der Waals surface area contributed by atoms with Gasteiger partial charge in [0, 0.05) is 10.9 Å². The van der Waals surface area contributed by atoms with Crippen molar-refractivity contribution in [1.29, 1.82) is 0 Å². The monoisotopic (exact) mass is 240 g/mol. The molecular weight excluding hydrogens is 228 g/mol. The lowest BCUT2D eigenvalue weighted by Gasteiger charge is -1.94. The quantitative estimate of drug-likeness (QED) is 0.644. The molecule has 0 unspecified atom stereocenters. The van der Waals surface area contributed by atoms with Crippen LogP contribution in [0.25, 0.3) is 22.3 Å². The van der Waals surface area contributed by atoms with Crippen molar-refractivity contribution < 1.29 is 9.90 Å². The number of aromatic amines is 2. The number of H-pyrrole nitrogens is 2. The Morgan fingerprint density at radius 1 is 1.11 bits per heavy atom. The number of aryl methyl sites for hydroxylation is 1. The molecule has 90 valence electrons. The molecule has 1 aromatic carbocycles. The molecule has 3 rings (SSSR count). The highest BCUT2D eigenvalue weighted by Gasteiger charge is 2.09. The van der Waals surface area contributed by atoms with Crippen LogP contribution in [0.1, 0.15) is 16.1 Å². The molecule has 3 N–H and O–H groups in total. The number of aromatic nitrogens is 2. The number of hydrogen-bond donors (Lipinski definition) is 3. The van der Waals surface area contributed by atoms with Crippen molar-refractivity contribution in [1.82, 2.24) is 9.97 Å². The van der Waals surface area contributed by atoms with Crippen LogP contribution in [-0.2, 0) is 0 Å². The maximum absolute atomic E-state index is 10.8. The Hall–Kier alpha value is -2.49. The summed E-state index contributed by atoms with van der Waals surface area (Å²) >= 11 is 0. The second-order valence-corrected chi connectivity index (χ2v) is 4.31. The van der Waals surface area contributed by atoms with Crippen LogP contribution in [0.2, 0.25) is 0 Å². The van der Waals surface area contributed by atoms with E-state index in [1.54, 1.807) is 12.1 Å². The van der Waals surface area contributed by atoms with Crippen LogP contribution < -0.4 is 0 Å². The Morgan fingerprint density at radius 3 is 2.61 bits per heavy atom. The number of rotatable bonds is 2. The SMILES string of the molecule is Cc1cccc2cc(-c3ccc(C(=O)O)[nH]3)[nH]c12. The molecule has 4 nitrogen and oxygen atoms in total. The van der Waals surface area contributed by atoms with E-state index in [9.17, 15) is 4.79 Å². The summed E-state index contributed by atoms with van der Waals surface area (Å²) in [7, 11) is 0. The van der Waals surface area contributed by atoms with E-state index < -0.39 is 5.97 Å². The number of benzene rings is 1. The average molecular weight is 240 g/mol. The topological polar surface area (TPSA) is 68.9 Å². The Kier molecular flexibility index (Phi) is 2.23. The third-order valence-corrected chi connectivity index (χ3v) is 3.07. The zero-order valence-corrected chi connectivity index (χ0v) is 9.82. The van der Waals surface area contributed by atoms with Crippen LogP contribution in [-0.4, -0.2) is 21.0 Å². The van der Waals surface area contributed by atoms with Gasteiger partial charge in [-0.15, -0.1) is 0 Å². The molecule has 0 radical (unpaired) electrons. The normalized spacial score (nSPS) is 10.9. The lowest BCUT2D eigenvalue weighted by Crippen LogP contribution is -1.95. The van der Waals surface area contributed by atoms with E-state index in [-0.39, 0.29) is 5.69 Å². The van der Waals surface area contributed by atoms with E-state index in [0.29, 0.717) is 0 Å². The Bertz CT molecular complexity index is 737. The minimum absolute atomic E-state index is 0.195. The van der Waals surface area contributed by atoms with Crippen molar-refractivity contribution in [3.05, 3.63) is 47.7 Å². The zero-order valence-electron chi connectivity index (χ0n) is 9.82. The number of aromatic carboxylic acids is 1. The van der Waals surface area contributed by atoms with Gasteiger partial charge in [-0.2, -0.15) is 0 Å². The number of carboxylic acid groups (broad SMARTS) is 1. The average Bonchev–Trinajstić information content (AvgIpc) is 2.95. The fraction of sp³-hybridized carbons (Fsp3) is 0.0714. The molecule has 0 saturated carbocycles. The number of para-hydroxylation sites is 1. The third kappa shape index (κ3) is 1.59. The third-order valence-electron chi connectivity index (χ3n) is 3.07. The van der Waals surface area contributed by atoms with Gasteiger partial charge in [0.05, 0.1) is 11.4 Å². The summed E-state index contributed by atoms with van der Waals surface area (Å²) in [6.07, 6.45) is 0. The first-order valence-corrected chi connectivity index (χ1v) is 5.66. The molecule has 0 fully saturated rings. The van der Waals surface area contributed by atoms with Crippen LogP contribution in [0.4, 0.5) is 0 Å². The van der Waals surface area contributed by atoms with Gasteiger partial charge in [-0.1, -0.05) is 18.2 Å². The van der Waals surface area contributed by atoms with Crippen LogP contribution >= 0.6 is 0 Å². The van der Waals surface area contributed by atoms with Gasteiger partial charge in [-0.25, -0.2) is 4.79 Å². The summed E-state index contributed by atoms with van der Waals surface area (Å²) in [5.41, 5.74) is 4.12. The van der Waals surface area contributed by atoms with Gasteiger partial charge < -0.3 is 15.1 Å². The molecule has 18 heavy (non-hydrogen) atoms. The summed E-state index contributed by atoms with van der Waals surface area (Å²) in [6, 6.07) is 11.4. The second-order valence-electron chi connectivity index (χ2n) is 4.31. The molecule has 0 aliphatic heterocycles. The van der Waals surface area contributed by atoms with Crippen LogP contribution in [0.3, 0.4) is 0 Å². The molecule has 2 heterocycles. The van der Waals surface area contributed by atoms with Gasteiger partial charge in [-0.05, 0) is 30.7 Å². The molecule has 3 aromatic rings. The first-order chi connectivity index (χ1) is 8.65. The lowest BCUT2D eigenvalue weighted by atomic mass is 10.2. The maximum atomic E-state index is 10.8. The van der Waals surface area contributed by atoms with Gasteiger partial charge in [-0.3, -0.25) is 0 Å².